The third-order valence-electron chi connectivity index (χ3n) is 4.02. The summed E-state index contributed by atoms with van der Waals surface area (Å²) in [5, 5.41) is 0.911. The molecule has 0 amide bonds. The number of H-pyrrole nitrogens is 1. The third-order valence-corrected chi connectivity index (χ3v) is 4.02. The van der Waals surface area contributed by atoms with Gasteiger partial charge in [-0.05, 0) is 23.8 Å². The van der Waals surface area contributed by atoms with Crippen molar-refractivity contribution in [3.8, 4) is 17.0 Å². The average Bonchev–Trinajstić information content (AvgIpc) is 2.89. The summed E-state index contributed by atoms with van der Waals surface area (Å²) in [6.45, 7) is 0. The SMILES string of the molecule is COc1ccc(-c2ccc3ncc4c([nH]c(=O)n4C)c3c2)cn1. The topological polar surface area (TPSA) is 72.8 Å². The van der Waals surface area contributed by atoms with E-state index in [9.17, 15) is 4.79 Å². The van der Waals surface area contributed by atoms with E-state index in [4.69, 9.17) is 4.74 Å². The molecule has 23 heavy (non-hydrogen) atoms. The Morgan fingerprint density at radius 3 is 2.65 bits per heavy atom. The molecule has 4 rings (SSSR count). The maximum Gasteiger partial charge on any atom is 0.326 e. The highest BCUT2D eigenvalue weighted by atomic mass is 16.5. The van der Waals surface area contributed by atoms with Crippen molar-refractivity contribution < 1.29 is 4.74 Å². The first-order chi connectivity index (χ1) is 11.2. The maximum absolute atomic E-state index is 11.9. The molecule has 0 unspecified atom stereocenters. The molecular formula is C17H14N4O2. The van der Waals surface area contributed by atoms with Crippen molar-refractivity contribution in [1.82, 2.24) is 19.5 Å². The molecule has 6 nitrogen and oxygen atoms in total. The summed E-state index contributed by atoms with van der Waals surface area (Å²) >= 11 is 0. The van der Waals surface area contributed by atoms with Crippen molar-refractivity contribution in [1.29, 1.82) is 0 Å². The summed E-state index contributed by atoms with van der Waals surface area (Å²) in [6.07, 6.45) is 3.48. The molecule has 0 aliphatic carbocycles. The summed E-state index contributed by atoms with van der Waals surface area (Å²) in [5.41, 5.74) is 4.25. The number of nitrogens with one attached hydrogen (secondary N) is 1. The average molecular weight is 306 g/mol. The van der Waals surface area contributed by atoms with Gasteiger partial charge in [-0.3, -0.25) is 9.55 Å². The number of ether oxygens (including phenoxy) is 1. The normalized spacial score (nSPS) is 11.2. The summed E-state index contributed by atoms with van der Waals surface area (Å²) < 4.78 is 6.64. The van der Waals surface area contributed by atoms with Crippen molar-refractivity contribution in [3.05, 3.63) is 53.2 Å². The summed E-state index contributed by atoms with van der Waals surface area (Å²) in [7, 11) is 3.32. The number of methoxy groups -OCH3 is 1. The van der Waals surface area contributed by atoms with E-state index in [1.54, 1.807) is 31.1 Å². The standard InChI is InChI=1S/C17H14N4O2/c1-21-14-9-18-13-5-3-10(7-12(13)16(14)20-17(21)22)11-4-6-15(23-2)19-8-11/h3-9H,1-2H3,(H,20,22). The summed E-state index contributed by atoms with van der Waals surface area (Å²) in [6, 6.07) is 9.73. The van der Waals surface area contributed by atoms with Crippen molar-refractivity contribution in [2.24, 2.45) is 7.05 Å². The number of hydrogen-bond donors (Lipinski definition) is 1. The van der Waals surface area contributed by atoms with Crippen LogP contribution in [0.5, 0.6) is 5.88 Å². The van der Waals surface area contributed by atoms with Crippen LogP contribution >= 0.6 is 0 Å². The molecule has 4 aromatic rings. The lowest BCUT2D eigenvalue weighted by molar-refractivity contribution is 0.398. The van der Waals surface area contributed by atoms with Crippen molar-refractivity contribution >= 4 is 21.9 Å². The first kappa shape index (κ1) is 13.5. The minimum absolute atomic E-state index is 0.147. The lowest BCUT2D eigenvalue weighted by Gasteiger charge is -2.05. The Balaban J connectivity index is 1.96. The first-order valence-corrected chi connectivity index (χ1v) is 7.15. The van der Waals surface area contributed by atoms with E-state index in [0.29, 0.717) is 5.88 Å². The molecule has 0 saturated heterocycles. The molecule has 0 radical (unpaired) electrons. The lowest BCUT2D eigenvalue weighted by atomic mass is 10.0. The van der Waals surface area contributed by atoms with E-state index in [0.717, 1.165) is 33.1 Å². The number of rotatable bonds is 2. The van der Waals surface area contributed by atoms with Crippen LogP contribution in [0.15, 0.2) is 47.5 Å². The number of benzene rings is 1. The molecule has 0 bridgehead atoms. The van der Waals surface area contributed by atoms with E-state index in [-0.39, 0.29) is 5.69 Å². The van der Waals surface area contributed by atoms with Gasteiger partial charge in [-0.25, -0.2) is 9.78 Å². The van der Waals surface area contributed by atoms with Crippen LogP contribution in [0, 0.1) is 0 Å². The van der Waals surface area contributed by atoms with Gasteiger partial charge in [-0.2, -0.15) is 0 Å². The minimum atomic E-state index is -0.147. The van der Waals surface area contributed by atoms with Crippen molar-refractivity contribution in [2.45, 2.75) is 0 Å². The van der Waals surface area contributed by atoms with Crippen LogP contribution in [0.3, 0.4) is 0 Å². The molecule has 1 aromatic carbocycles. The Hall–Kier alpha value is -3.15. The van der Waals surface area contributed by atoms with Gasteiger partial charge < -0.3 is 9.72 Å². The molecule has 6 heteroatoms. The predicted octanol–water partition coefficient (Wildman–Crippen LogP) is 2.49. The van der Waals surface area contributed by atoms with Gasteiger partial charge in [0.15, 0.2) is 0 Å². The zero-order valence-electron chi connectivity index (χ0n) is 12.7. The molecule has 0 saturated carbocycles. The monoisotopic (exact) mass is 306 g/mol. The first-order valence-electron chi connectivity index (χ1n) is 7.15. The largest absolute Gasteiger partial charge is 0.481 e. The van der Waals surface area contributed by atoms with Crippen LogP contribution in [0.2, 0.25) is 0 Å². The number of hydrogen-bond acceptors (Lipinski definition) is 4. The van der Waals surface area contributed by atoms with Gasteiger partial charge in [-0.15, -0.1) is 0 Å². The van der Waals surface area contributed by atoms with Crippen LogP contribution in [-0.4, -0.2) is 26.6 Å². The molecule has 0 aliphatic rings. The number of aryl methyl sites for hydroxylation is 1. The molecule has 0 aliphatic heterocycles. The summed E-state index contributed by atoms with van der Waals surface area (Å²) in [4.78, 5) is 23.4. The van der Waals surface area contributed by atoms with Crippen molar-refractivity contribution in [2.75, 3.05) is 7.11 Å². The quantitative estimate of drug-likeness (QED) is 0.617. The number of fused-ring (bicyclic) bond motifs is 3. The Morgan fingerprint density at radius 2 is 1.91 bits per heavy atom. The zero-order valence-corrected chi connectivity index (χ0v) is 12.7. The Morgan fingerprint density at radius 1 is 1.09 bits per heavy atom. The highest BCUT2D eigenvalue weighted by molar-refractivity contribution is 6.03. The second-order valence-corrected chi connectivity index (χ2v) is 5.33. The van der Waals surface area contributed by atoms with Gasteiger partial charge >= 0.3 is 5.69 Å². The second-order valence-electron chi connectivity index (χ2n) is 5.33. The molecule has 0 spiro atoms. The van der Waals surface area contributed by atoms with E-state index in [1.165, 1.54) is 0 Å². The fraction of sp³-hybridized carbons (Fsp3) is 0.118. The molecule has 3 heterocycles. The highest BCUT2D eigenvalue weighted by Crippen LogP contribution is 2.27. The fourth-order valence-electron chi connectivity index (χ4n) is 2.72. The van der Waals surface area contributed by atoms with E-state index < -0.39 is 0 Å². The van der Waals surface area contributed by atoms with Crippen LogP contribution in [0.4, 0.5) is 0 Å². The van der Waals surface area contributed by atoms with E-state index >= 15 is 0 Å². The fourth-order valence-corrected chi connectivity index (χ4v) is 2.72. The Bertz CT molecular complexity index is 1080. The lowest BCUT2D eigenvalue weighted by Crippen LogP contribution is -2.11. The maximum atomic E-state index is 11.9. The van der Waals surface area contributed by atoms with Crippen LogP contribution in [0.25, 0.3) is 33.1 Å². The van der Waals surface area contributed by atoms with Crippen LogP contribution < -0.4 is 10.4 Å². The Labute approximate surface area is 131 Å². The van der Waals surface area contributed by atoms with Gasteiger partial charge in [0.1, 0.15) is 0 Å². The molecule has 0 fully saturated rings. The van der Waals surface area contributed by atoms with Crippen LogP contribution in [-0.2, 0) is 7.05 Å². The van der Waals surface area contributed by atoms with Crippen LogP contribution in [0.1, 0.15) is 0 Å². The predicted molar refractivity (Wildman–Crippen MR) is 88.6 cm³/mol. The molecule has 0 atom stereocenters. The van der Waals surface area contributed by atoms with Gasteiger partial charge in [0, 0.05) is 30.3 Å². The minimum Gasteiger partial charge on any atom is -0.481 e. The Kier molecular flexibility index (Phi) is 2.90. The second kappa shape index (κ2) is 4.95. The highest BCUT2D eigenvalue weighted by Gasteiger charge is 2.09. The van der Waals surface area contributed by atoms with E-state index in [2.05, 4.69) is 15.0 Å². The summed E-state index contributed by atoms with van der Waals surface area (Å²) in [5.74, 6) is 0.575. The van der Waals surface area contributed by atoms with Gasteiger partial charge in [-0.1, -0.05) is 6.07 Å². The van der Waals surface area contributed by atoms with Gasteiger partial charge in [0.05, 0.1) is 29.9 Å². The van der Waals surface area contributed by atoms with Gasteiger partial charge in [0.2, 0.25) is 5.88 Å². The zero-order chi connectivity index (χ0) is 16.0. The number of pyridine rings is 2. The smallest absolute Gasteiger partial charge is 0.326 e. The number of imidazole rings is 1. The van der Waals surface area contributed by atoms with Crippen molar-refractivity contribution in [3.63, 3.8) is 0 Å². The molecular weight excluding hydrogens is 292 g/mol. The third kappa shape index (κ3) is 2.07. The number of nitrogens with zero attached hydrogens (tertiary/aromatic N) is 3. The number of aromatic amines is 1. The molecule has 1 N–H and O–H groups in total. The van der Waals surface area contributed by atoms with Gasteiger partial charge in [0.25, 0.3) is 0 Å². The number of aromatic nitrogens is 4. The molecule has 114 valence electrons. The van der Waals surface area contributed by atoms with E-state index in [1.807, 2.05) is 30.3 Å². The molecule has 3 aromatic heterocycles.